The summed E-state index contributed by atoms with van der Waals surface area (Å²) in [6.45, 7) is 2.09. The number of fused-ring (bicyclic) bond motifs is 1. The Labute approximate surface area is 77.5 Å². The lowest BCUT2D eigenvalue weighted by Crippen LogP contribution is -2.17. The van der Waals surface area contributed by atoms with E-state index >= 15 is 0 Å². The first-order valence-electron chi connectivity index (χ1n) is 4.39. The van der Waals surface area contributed by atoms with Gasteiger partial charge in [-0.05, 0) is 18.1 Å². The van der Waals surface area contributed by atoms with E-state index in [9.17, 15) is 4.79 Å². The number of aromatic nitrogens is 2. The van der Waals surface area contributed by atoms with Crippen molar-refractivity contribution in [3.8, 4) is 0 Å². The summed E-state index contributed by atoms with van der Waals surface area (Å²) in [7, 11) is 1.78. The van der Waals surface area contributed by atoms with Crippen molar-refractivity contribution in [3.05, 3.63) is 34.4 Å². The third kappa shape index (κ3) is 1.08. The van der Waals surface area contributed by atoms with Gasteiger partial charge in [0.2, 0.25) is 0 Å². The smallest absolute Gasteiger partial charge is 0.274 e. The average molecular weight is 178 g/mol. The highest BCUT2D eigenvalue weighted by Gasteiger charge is 2.05. The van der Waals surface area contributed by atoms with Gasteiger partial charge in [-0.15, -0.1) is 0 Å². The Balaban J connectivity index is 0.000000980. The van der Waals surface area contributed by atoms with Crippen LogP contribution in [0.1, 0.15) is 13.9 Å². The lowest BCUT2D eigenvalue weighted by molar-refractivity contribution is 0.855. The van der Waals surface area contributed by atoms with Crippen molar-refractivity contribution in [1.29, 1.82) is 0 Å². The first-order chi connectivity index (χ1) is 6.24. The van der Waals surface area contributed by atoms with Crippen LogP contribution in [0.15, 0.2) is 23.3 Å². The van der Waals surface area contributed by atoms with E-state index in [1.54, 1.807) is 11.6 Å². The molecule has 0 aliphatic carbocycles. The molecule has 0 bridgehead atoms. The largest absolute Gasteiger partial charge is 0.357 e. The Morgan fingerprint density at radius 2 is 2.38 bits per heavy atom. The molecule has 0 amide bonds. The molecule has 70 valence electrons. The summed E-state index contributed by atoms with van der Waals surface area (Å²) in [5.41, 5.74) is 1.96. The zero-order valence-electron chi connectivity index (χ0n) is 7.79. The van der Waals surface area contributed by atoms with Gasteiger partial charge in [0.15, 0.2) is 0 Å². The Kier molecular flexibility index (Phi) is 1.72. The molecule has 0 aliphatic rings. The Bertz CT molecular complexity index is 498. The van der Waals surface area contributed by atoms with Crippen LogP contribution >= 0.6 is 0 Å². The monoisotopic (exact) mass is 178 g/mol. The van der Waals surface area contributed by atoms with Crippen LogP contribution < -0.4 is 5.56 Å². The van der Waals surface area contributed by atoms with Crippen LogP contribution in [-0.4, -0.2) is 9.55 Å². The molecule has 0 saturated carbocycles. The van der Waals surface area contributed by atoms with Gasteiger partial charge in [-0.2, -0.15) is 0 Å². The molecule has 0 fully saturated rings. The normalized spacial score (nSPS) is 10.9. The highest BCUT2D eigenvalue weighted by molar-refractivity contribution is 5.81. The van der Waals surface area contributed by atoms with E-state index in [4.69, 9.17) is 0 Å². The van der Waals surface area contributed by atoms with Gasteiger partial charge in [-0.1, -0.05) is 6.92 Å². The van der Waals surface area contributed by atoms with Crippen molar-refractivity contribution in [2.75, 3.05) is 0 Å². The molecule has 13 heavy (non-hydrogen) atoms. The van der Waals surface area contributed by atoms with Crippen LogP contribution in [0.2, 0.25) is 0 Å². The summed E-state index contributed by atoms with van der Waals surface area (Å²) in [6.07, 6.45) is 4.66. The second-order valence-corrected chi connectivity index (χ2v) is 3.19. The van der Waals surface area contributed by atoms with E-state index in [0.29, 0.717) is 5.52 Å². The highest BCUT2D eigenvalue weighted by atomic mass is 16.1. The fourth-order valence-electron chi connectivity index (χ4n) is 1.63. The van der Waals surface area contributed by atoms with E-state index in [1.165, 1.54) is 5.56 Å². The van der Waals surface area contributed by atoms with Crippen LogP contribution in [0.5, 0.6) is 0 Å². The van der Waals surface area contributed by atoms with Gasteiger partial charge in [0.1, 0.15) is 5.52 Å². The van der Waals surface area contributed by atoms with Crippen molar-refractivity contribution >= 4 is 10.9 Å². The number of H-pyrrole nitrogens is 1. The van der Waals surface area contributed by atoms with Gasteiger partial charge in [-0.25, -0.2) is 0 Å². The van der Waals surface area contributed by atoms with Gasteiger partial charge in [0, 0.05) is 26.3 Å². The maximum absolute atomic E-state index is 11.6. The fourth-order valence-corrected chi connectivity index (χ4v) is 1.63. The first-order valence-corrected chi connectivity index (χ1v) is 4.39. The third-order valence-corrected chi connectivity index (χ3v) is 2.36. The van der Waals surface area contributed by atoms with Crippen LogP contribution in [0, 0.1) is 0 Å². The predicted octanol–water partition coefficient (Wildman–Crippen LogP) is 1.68. The number of nitrogens with one attached hydrogen (secondary N) is 1. The standard InChI is InChI=1S/C10H12N2O.H2/c1-3-7-6-12(2)10(13)9-8(7)4-5-11-9;/h4-6,11H,3H2,1-2H3;1H. The van der Waals surface area contributed by atoms with Gasteiger partial charge in [0.25, 0.3) is 5.56 Å². The van der Waals surface area contributed by atoms with Gasteiger partial charge < -0.3 is 9.55 Å². The minimum Gasteiger partial charge on any atom is -0.357 e. The molecule has 0 aliphatic heterocycles. The molecule has 0 unspecified atom stereocenters. The number of pyridine rings is 1. The minimum absolute atomic E-state index is 0. The number of aromatic amines is 1. The maximum atomic E-state index is 11.6. The molecule has 1 N–H and O–H groups in total. The quantitative estimate of drug-likeness (QED) is 0.708. The molecule has 0 atom stereocenters. The third-order valence-electron chi connectivity index (χ3n) is 2.36. The van der Waals surface area contributed by atoms with E-state index in [-0.39, 0.29) is 6.99 Å². The lowest BCUT2D eigenvalue weighted by atomic mass is 10.1. The fraction of sp³-hybridized carbons (Fsp3) is 0.300. The summed E-state index contributed by atoms with van der Waals surface area (Å²) in [5.74, 6) is 0. The molecule has 2 aromatic rings. The maximum Gasteiger partial charge on any atom is 0.274 e. The summed E-state index contributed by atoms with van der Waals surface area (Å²) in [6, 6.07) is 1.95. The van der Waals surface area contributed by atoms with Gasteiger partial charge >= 0.3 is 0 Å². The summed E-state index contributed by atoms with van der Waals surface area (Å²) < 4.78 is 1.62. The van der Waals surface area contributed by atoms with Gasteiger partial charge in [0.05, 0.1) is 0 Å². The van der Waals surface area contributed by atoms with Crippen molar-refractivity contribution in [3.63, 3.8) is 0 Å². The molecule has 3 nitrogen and oxygen atoms in total. The molecule has 2 heterocycles. The zero-order valence-corrected chi connectivity index (χ0v) is 7.79. The Hall–Kier alpha value is -1.51. The summed E-state index contributed by atoms with van der Waals surface area (Å²) >= 11 is 0. The van der Waals surface area contributed by atoms with Crippen molar-refractivity contribution < 1.29 is 1.43 Å². The van der Waals surface area contributed by atoms with Crippen molar-refractivity contribution in [1.82, 2.24) is 9.55 Å². The summed E-state index contributed by atoms with van der Waals surface area (Å²) in [5, 5.41) is 1.05. The first kappa shape index (κ1) is 8.10. The molecular formula is C10H14N2O. The number of rotatable bonds is 1. The number of hydrogen-bond donors (Lipinski definition) is 1. The molecular weight excluding hydrogens is 164 g/mol. The van der Waals surface area contributed by atoms with Gasteiger partial charge in [-0.3, -0.25) is 4.79 Å². The molecule has 2 rings (SSSR count). The van der Waals surface area contributed by atoms with Crippen LogP contribution in [-0.2, 0) is 13.5 Å². The molecule has 0 saturated heterocycles. The Morgan fingerprint density at radius 3 is 3.08 bits per heavy atom. The number of aryl methyl sites for hydroxylation is 2. The predicted molar refractivity (Wildman–Crippen MR) is 55.0 cm³/mol. The van der Waals surface area contributed by atoms with Crippen LogP contribution in [0.3, 0.4) is 0 Å². The average Bonchev–Trinajstić information content (AvgIpc) is 2.60. The van der Waals surface area contributed by atoms with E-state index in [1.807, 2.05) is 18.5 Å². The molecule has 0 radical (unpaired) electrons. The number of nitrogens with zero attached hydrogens (tertiary/aromatic N) is 1. The van der Waals surface area contributed by atoms with Crippen molar-refractivity contribution in [2.24, 2.45) is 7.05 Å². The molecule has 2 aromatic heterocycles. The number of hydrogen-bond acceptors (Lipinski definition) is 1. The zero-order chi connectivity index (χ0) is 9.42. The van der Waals surface area contributed by atoms with E-state index in [0.717, 1.165) is 11.8 Å². The second-order valence-electron chi connectivity index (χ2n) is 3.19. The molecule has 0 spiro atoms. The van der Waals surface area contributed by atoms with Crippen LogP contribution in [0.4, 0.5) is 0 Å². The Morgan fingerprint density at radius 1 is 1.62 bits per heavy atom. The van der Waals surface area contributed by atoms with Crippen molar-refractivity contribution in [2.45, 2.75) is 13.3 Å². The lowest BCUT2D eigenvalue weighted by Gasteiger charge is -2.02. The summed E-state index contributed by atoms with van der Waals surface area (Å²) in [4.78, 5) is 14.6. The van der Waals surface area contributed by atoms with Crippen LogP contribution in [0.25, 0.3) is 10.9 Å². The SMILES string of the molecule is CCc1cn(C)c(=O)c2[nH]ccc12.[HH]. The second kappa shape index (κ2) is 2.76. The minimum atomic E-state index is 0. The molecule has 0 aromatic carbocycles. The van der Waals surface area contributed by atoms with E-state index < -0.39 is 0 Å². The highest BCUT2D eigenvalue weighted by Crippen LogP contribution is 2.13. The van der Waals surface area contributed by atoms with E-state index in [2.05, 4.69) is 11.9 Å². The molecule has 3 heteroatoms. The topological polar surface area (TPSA) is 37.8 Å².